The van der Waals surface area contributed by atoms with Gasteiger partial charge >= 0.3 is 0 Å². The fourth-order valence-corrected chi connectivity index (χ4v) is 1.88. The molecule has 0 saturated heterocycles. The van der Waals surface area contributed by atoms with E-state index in [0.717, 1.165) is 5.56 Å². The molecule has 1 aromatic rings. The molecule has 0 aliphatic heterocycles. The molecule has 6 nitrogen and oxygen atoms in total. The zero-order valence-corrected chi connectivity index (χ0v) is 14.9. The number of rotatable bonds is 7. The Labute approximate surface area is 143 Å². The van der Waals surface area contributed by atoms with Crippen molar-refractivity contribution in [3.8, 4) is 23.6 Å². The van der Waals surface area contributed by atoms with Crippen molar-refractivity contribution in [3.05, 3.63) is 35.2 Å². The summed E-state index contributed by atoms with van der Waals surface area (Å²) >= 11 is 0. The average molecular weight is 328 g/mol. The molecule has 0 radical (unpaired) electrons. The number of ether oxygens (including phenoxy) is 2. The van der Waals surface area contributed by atoms with Crippen molar-refractivity contribution < 1.29 is 9.47 Å². The monoisotopic (exact) mass is 328 g/mol. The topological polar surface area (TPSA) is 90.1 Å². The van der Waals surface area contributed by atoms with Gasteiger partial charge in [0.25, 0.3) is 0 Å². The molecule has 0 spiro atoms. The van der Waals surface area contributed by atoms with Gasteiger partial charge in [0.05, 0.1) is 14.2 Å². The predicted octanol–water partition coefficient (Wildman–Crippen LogP) is 2.69. The molecule has 6 heteroatoms. The molecule has 1 aromatic carbocycles. The lowest BCUT2D eigenvalue weighted by Crippen LogP contribution is -2.28. The van der Waals surface area contributed by atoms with Crippen molar-refractivity contribution in [2.24, 2.45) is 5.41 Å². The maximum Gasteiger partial charge on any atom is 0.148 e. The van der Waals surface area contributed by atoms with Crippen molar-refractivity contribution in [2.45, 2.75) is 27.3 Å². The third-order valence-electron chi connectivity index (χ3n) is 3.15. The van der Waals surface area contributed by atoms with Gasteiger partial charge in [0.15, 0.2) is 0 Å². The Kier molecular flexibility index (Phi) is 6.95. The molecule has 128 valence electrons. The van der Waals surface area contributed by atoms with E-state index in [1.54, 1.807) is 20.3 Å². The predicted molar refractivity (Wildman–Crippen MR) is 92.1 cm³/mol. The average Bonchev–Trinajstić information content (AvgIpc) is 2.56. The van der Waals surface area contributed by atoms with Gasteiger partial charge < -0.3 is 20.1 Å². The summed E-state index contributed by atoms with van der Waals surface area (Å²) in [6.07, 6.45) is 0. The van der Waals surface area contributed by atoms with Crippen molar-refractivity contribution in [1.29, 1.82) is 10.5 Å². The van der Waals surface area contributed by atoms with E-state index in [1.807, 2.05) is 24.3 Å². The summed E-state index contributed by atoms with van der Waals surface area (Å²) < 4.78 is 10.5. The standard InChI is InChI=1S/C18H24N4O2/c1-18(2,3)12-22-17(10-20)16(9-19)21-11-13-6-14(23-4)8-15(7-13)24-5/h6-8,21-22H,11-12H2,1-5H3/b17-16-. The van der Waals surface area contributed by atoms with Gasteiger partial charge in [-0.05, 0) is 23.1 Å². The summed E-state index contributed by atoms with van der Waals surface area (Å²) in [4.78, 5) is 0. The molecule has 0 fully saturated rings. The first-order valence-electron chi connectivity index (χ1n) is 7.57. The van der Waals surface area contributed by atoms with Gasteiger partial charge in [-0.2, -0.15) is 10.5 Å². The van der Waals surface area contributed by atoms with Crippen LogP contribution in [0.3, 0.4) is 0 Å². The molecule has 0 unspecified atom stereocenters. The molecule has 0 atom stereocenters. The quantitative estimate of drug-likeness (QED) is 0.748. The minimum absolute atomic E-state index is 0.00281. The van der Waals surface area contributed by atoms with Crippen LogP contribution in [0.25, 0.3) is 0 Å². The molecule has 0 heterocycles. The van der Waals surface area contributed by atoms with Crippen molar-refractivity contribution in [2.75, 3.05) is 20.8 Å². The first-order chi connectivity index (χ1) is 11.3. The zero-order chi connectivity index (χ0) is 18.2. The summed E-state index contributed by atoms with van der Waals surface area (Å²) in [6, 6.07) is 9.55. The summed E-state index contributed by atoms with van der Waals surface area (Å²) in [6.45, 7) is 7.12. The van der Waals surface area contributed by atoms with Crippen molar-refractivity contribution >= 4 is 0 Å². The lowest BCUT2D eigenvalue weighted by Gasteiger charge is -2.19. The maximum atomic E-state index is 9.33. The fraction of sp³-hybridized carbons (Fsp3) is 0.444. The second kappa shape index (κ2) is 8.69. The number of allylic oxidation sites excluding steroid dienone is 2. The fourth-order valence-electron chi connectivity index (χ4n) is 1.88. The van der Waals surface area contributed by atoms with E-state index in [4.69, 9.17) is 9.47 Å². The van der Waals surface area contributed by atoms with E-state index in [2.05, 4.69) is 31.4 Å². The van der Waals surface area contributed by atoms with Crippen molar-refractivity contribution in [1.82, 2.24) is 10.6 Å². The molecular weight excluding hydrogens is 304 g/mol. The Morgan fingerprint density at radius 1 is 0.958 bits per heavy atom. The Hall–Kier alpha value is -2.86. The first kappa shape index (κ1) is 19.2. The molecule has 1 rings (SSSR count). The Balaban J connectivity index is 2.91. The number of methoxy groups -OCH3 is 2. The largest absolute Gasteiger partial charge is 0.497 e. The molecular formula is C18H24N4O2. The smallest absolute Gasteiger partial charge is 0.148 e. The Morgan fingerprint density at radius 2 is 1.46 bits per heavy atom. The van der Waals surface area contributed by atoms with Crippen LogP contribution in [-0.2, 0) is 6.54 Å². The van der Waals surface area contributed by atoms with Crippen LogP contribution in [0.15, 0.2) is 29.6 Å². The van der Waals surface area contributed by atoms with E-state index in [0.29, 0.717) is 24.6 Å². The SMILES string of the molecule is COc1cc(CN/C(C#N)=C(/C#N)NCC(C)(C)C)cc(OC)c1. The zero-order valence-electron chi connectivity index (χ0n) is 14.9. The Morgan fingerprint density at radius 3 is 1.88 bits per heavy atom. The molecule has 0 aliphatic carbocycles. The van der Waals surface area contributed by atoms with Gasteiger partial charge in [0.1, 0.15) is 35.0 Å². The van der Waals surface area contributed by atoms with Crippen LogP contribution in [0.4, 0.5) is 0 Å². The summed E-state index contributed by atoms with van der Waals surface area (Å²) in [5.74, 6) is 1.33. The normalized spacial score (nSPS) is 11.6. The highest BCUT2D eigenvalue weighted by atomic mass is 16.5. The van der Waals surface area contributed by atoms with Crippen LogP contribution >= 0.6 is 0 Å². The van der Waals surface area contributed by atoms with Gasteiger partial charge in [0, 0.05) is 19.2 Å². The first-order valence-corrected chi connectivity index (χ1v) is 7.57. The molecule has 2 N–H and O–H groups in total. The molecule has 0 bridgehead atoms. The summed E-state index contributed by atoms with van der Waals surface area (Å²) in [5.41, 5.74) is 1.33. The third kappa shape index (κ3) is 6.10. The van der Waals surface area contributed by atoms with Gasteiger partial charge in [-0.3, -0.25) is 0 Å². The van der Waals surface area contributed by atoms with E-state index in [-0.39, 0.29) is 16.8 Å². The van der Waals surface area contributed by atoms with Gasteiger partial charge in [-0.1, -0.05) is 20.8 Å². The Bertz CT molecular complexity index is 653. The van der Waals surface area contributed by atoms with Crippen LogP contribution < -0.4 is 20.1 Å². The van der Waals surface area contributed by atoms with Crippen LogP contribution in [0.5, 0.6) is 11.5 Å². The number of hydrogen-bond acceptors (Lipinski definition) is 6. The highest BCUT2D eigenvalue weighted by Gasteiger charge is 2.13. The lowest BCUT2D eigenvalue weighted by atomic mass is 9.97. The van der Waals surface area contributed by atoms with Crippen LogP contribution in [-0.4, -0.2) is 20.8 Å². The van der Waals surface area contributed by atoms with Gasteiger partial charge in [0.2, 0.25) is 0 Å². The van der Waals surface area contributed by atoms with Crippen molar-refractivity contribution in [3.63, 3.8) is 0 Å². The van der Waals surface area contributed by atoms with Gasteiger partial charge in [-0.15, -0.1) is 0 Å². The second-order valence-electron chi connectivity index (χ2n) is 6.46. The van der Waals surface area contributed by atoms with E-state index in [9.17, 15) is 10.5 Å². The van der Waals surface area contributed by atoms with E-state index in [1.165, 1.54) is 0 Å². The highest BCUT2D eigenvalue weighted by molar-refractivity contribution is 5.39. The summed E-state index contributed by atoms with van der Waals surface area (Å²) in [5, 5.41) is 24.6. The molecule has 24 heavy (non-hydrogen) atoms. The molecule has 0 amide bonds. The maximum absolute atomic E-state index is 9.33. The minimum atomic E-state index is 0.00281. The minimum Gasteiger partial charge on any atom is -0.497 e. The third-order valence-corrected chi connectivity index (χ3v) is 3.15. The number of nitriles is 2. The number of nitrogens with zero attached hydrogens (tertiary/aromatic N) is 2. The number of hydrogen-bond donors (Lipinski definition) is 2. The van der Waals surface area contributed by atoms with E-state index < -0.39 is 0 Å². The lowest BCUT2D eigenvalue weighted by molar-refractivity contribution is 0.393. The number of nitrogens with one attached hydrogen (secondary N) is 2. The second-order valence-corrected chi connectivity index (χ2v) is 6.46. The molecule has 0 saturated carbocycles. The molecule has 0 aromatic heterocycles. The van der Waals surface area contributed by atoms with Crippen LogP contribution in [0.2, 0.25) is 0 Å². The summed E-state index contributed by atoms with van der Waals surface area (Å²) in [7, 11) is 3.16. The van der Waals surface area contributed by atoms with E-state index >= 15 is 0 Å². The highest BCUT2D eigenvalue weighted by Crippen LogP contribution is 2.22. The van der Waals surface area contributed by atoms with Gasteiger partial charge in [-0.25, -0.2) is 0 Å². The molecule has 0 aliphatic rings. The van der Waals surface area contributed by atoms with Crippen LogP contribution in [0, 0.1) is 28.1 Å². The number of benzene rings is 1. The van der Waals surface area contributed by atoms with Crippen LogP contribution in [0.1, 0.15) is 26.3 Å².